The molecule has 2 aliphatic rings. The molecule has 110 valence electrons. The second kappa shape index (κ2) is 5.90. The van der Waals surface area contributed by atoms with Gasteiger partial charge in [-0.05, 0) is 19.3 Å². The summed E-state index contributed by atoms with van der Waals surface area (Å²) in [5.41, 5.74) is 0.677. The Balaban J connectivity index is 1.52. The molecule has 0 bridgehead atoms. The van der Waals surface area contributed by atoms with Crippen molar-refractivity contribution in [3.63, 3.8) is 0 Å². The van der Waals surface area contributed by atoms with E-state index in [1.54, 1.807) is 10.9 Å². The van der Waals surface area contributed by atoms with Gasteiger partial charge in [0.2, 0.25) is 5.91 Å². The molecule has 3 N–H and O–H groups in total. The van der Waals surface area contributed by atoms with Gasteiger partial charge < -0.3 is 20.5 Å². The van der Waals surface area contributed by atoms with Crippen molar-refractivity contribution in [2.75, 3.05) is 18.5 Å². The van der Waals surface area contributed by atoms with Crippen molar-refractivity contribution in [2.45, 2.75) is 44.1 Å². The summed E-state index contributed by atoms with van der Waals surface area (Å²) in [7, 11) is 0. The Kier molecular flexibility index (Phi) is 4.00. The molecule has 2 fully saturated rings. The van der Waals surface area contributed by atoms with Crippen LogP contribution in [0.4, 0.5) is 5.69 Å². The number of aromatic nitrogens is 2. The van der Waals surface area contributed by atoms with Crippen molar-refractivity contribution >= 4 is 11.6 Å². The summed E-state index contributed by atoms with van der Waals surface area (Å²) in [5, 5.41) is 19.4. The van der Waals surface area contributed by atoms with Crippen LogP contribution in [0, 0.1) is 0 Å². The van der Waals surface area contributed by atoms with Gasteiger partial charge in [-0.15, -0.1) is 0 Å². The SMILES string of the molecule is O=C(Nc1cnn(CC2CCCO2)c1)C1CC(O)CN1. The maximum absolute atomic E-state index is 12.0. The number of ether oxygens (including phenoxy) is 1. The van der Waals surface area contributed by atoms with E-state index in [0.29, 0.717) is 18.7 Å². The second-order valence-electron chi connectivity index (χ2n) is 5.43. The van der Waals surface area contributed by atoms with E-state index < -0.39 is 6.10 Å². The summed E-state index contributed by atoms with van der Waals surface area (Å²) in [6.45, 7) is 2.01. The Bertz CT molecular complexity index is 470. The Labute approximate surface area is 117 Å². The first-order valence-corrected chi connectivity index (χ1v) is 7.07. The third kappa shape index (κ3) is 3.17. The average molecular weight is 280 g/mol. The molecular weight excluding hydrogens is 260 g/mol. The van der Waals surface area contributed by atoms with E-state index in [9.17, 15) is 9.90 Å². The minimum atomic E-state index is -0.437. The van der Waals surface area contributed by atoms with Gasteiger partial charge >= 0.3 is 0 Å². The topological polar surface area (TPSA) is 88.4 Å². The predicted molar refractivity (Wildman–Crippen MR) is 72.2 cm³/mol. The summed E-state index contributed by atoms with van der Waals surface area (Å²) in [4.78, 5) is 12.0. The molecule has 3 rings (SSSR count). The quantitative estimate of drug-likeness (QED) is 0.706. The maximum Gasteiger partial charge on any atom is 0.241 e. The fourth-order valence-electron chi connectivity index (χ4n) is 2.67. The van der Waals surface area contributed by atoms with E-state index in [4.69, 9.17) is 4.74 Å². The number of amides is 1. The van der Waals surface area contributed by atoms with Crippen LogP contribution in [0.25, 0.3) is 0 Å². The van der Waals surface area contributed by atoms with Crippen LogP contribution in [0.5, 0.6) is 0 Å². The smallest absolute Gasteiger partial charge is 0.241 e. The highest BCUT2D eigenvalue weighted by Gasteiger charge is 2.28. The number of rotatable bonds is 4. The highest BCUT2D eigenvalue weighted by Crippen LogP contribution is 2.15. The number of aliphatic hydroxyl groups is 1. The number of hydrogen-bond donors (Lipinski definition) is 3. The van der Waals surface area contributed by atoms with Gasteiger partial charge in [0.1, 0.15) is 0 Å². The summed E-state index contributed by atoms with van der Waals surface area (Å²) < 4.78 is 7.35. The summed E-state index contributed by atoms with van der Waals surface area (Å²) in [6, 6.07) is -0.327. The Morgan fingerprint density at radius 1 is 1.65 bits per heavy atom. The monoisotopic (exact) mass is 280 g/mol. The Morgan fingerprint density at radius 3 is 3.25 bits per heavy atom. The molecule has 7 heteroatoms. The minimum absolute atomic E-state index is 0.127. The fraction of sp³-hybridized carbons (Fsp3) is 0.692. The molecule has 3 atom stereocenters. The van der Waals surface area contributed by atoms with Crippen molar-refractivity contribution in [2.24, 2.45) is 0 Å². The fourth-order valence-corrected chi connectivity index (χ4v) is 2.67. The van der Waals surface area contributed by atoms with Crippen molar-refractivity contribution in [3.05, 3.63) is 12.4 Å². The van der Waals surface area contributed by atoms with Gasteiger partial charge in [0.15, 0.2) is 0 Å². The zero-order valence-electron chi connectivity index (χ0n) is 11.3. The first-order valence-electron chi connectivity index (χ1n) is 7.07. The van der Waals surface area contributed by atoms with E-state index in [0.717, 1.165) is 26.0 Å². The molecule has 0 spiro atoms. The van der Waals surface area contributed by atoms with Gasteiger partial charge in [-0.25, -0.2) is 0 Å². The van der Waals surface area contributed by atoms with E-state index in [1.807, 2.05) is 6.20 Å². The number of β-amino-alcohol motifs (C(OH)–C–C–N with tert-alkyl or cyclic N) is 1. The molecule has 0 saturated carbocycles. The van der Waals surface area contributed by atoms with Crippen LogP contribution in [0.3, 0.4) is 0 Å². The lowest BCUT2D eigenvalue weighted by molar-refractivity contribution is -0.117. The zero-order valence-corrected chi connectivity index (χ0v) is 11.3. The molecule has 2 aliphatic heterocycles. The largest absolute Gasteiger partial charge is 0.392 e. The molecule has 20 heavy (non-hydrogen) atoms. The lowest BCUT2D eigenvalue weighted by atomic mass is 10.2. The number of nitrogens with zero attached hydrogens (tertiary/aromatic N) is 2. The van der Waals surface area contributed by atoms with Gasteiger partial charge in [0, 0.05) is 19.3 Å². The number of aliphatic hydroxyl groups excluding tert-OH is 1. The summed E-state index contributed by atoms with van der Waals surface area (Å²) >= 11 is 0. The highest BCUT2D eigenvalue weighted by molar-refractivity contribution is 5.94. The molecule has 3 unspecified atom stereocenters. The molecule has 0 radical (unpaired) electrons. The summed E-state index contributed by atoms with van der Waals surface area (Å²) in [6.07, 6.45) is 5.86. The third-order valence-corrected chi connectivity index (χ3v) is 3.74. The summed E-state index contributed by atoms with van der Waals surface area (Å²) in [5.74, 6) is -0.127. The Hall–Kier alpha value is -1.44. The lowest BCUT2D eigenvalue weighted by Gasteiger charge is -2.10. The van der Waals surface area contributed by atoms with Crippen LogP contribution < -0.4 is 10.6 Å². The number of carbonyl (C=O) groups is 1. The number of nitrogens with one attached hydrogen (secondary N) is 2. The van der Waals surface area contributed by atoms with Crippen molar-refractivity contribution < 1.29 is 14.6 Å². The van der Waals surface area contributed by atoms with Crippen molar-refractivity contribution in [3.8, 4) is 0 Å². The van der Waals surface area contributed by atoms with Crippen LogP contribution in [0.2, 0.25) is 0 Å². The highest BCUT2D eigenvalue weighted by atomic mass is 16.5. The average Bonchev–Trinajstić information content (AvgIpc) is 3.13. The first kappa shape index (κ1) is 13.5. The van der Waals surface area contributed by atoms with Gasteiger partial charge in [-0.3, -0.25) is 9.48 Å². The van der Waals surface area contributed by atoms with Crippen molar-refractivity contribution in [1.82, 2.24) is 15.1 Å². The first-order chi connectivity index (χ1) is 9.70. The third-order valence-electron chi connectivity index (χ3n) is 3.74. The molecule has 1 amide bonds. The molecular formula is C13H20N4O3. The van der Waals surface area contributed by atoms with E-state index in [2.05, 4.69) is 15.7 Å². The van der Waals surface area contributed by atoms with Gasteiger partial charge in [-0.2, -0.15) is 5.10 Å². The molecule has 0 aromatic carbocycles. The van der Waals surface area contributed by atoms with Gasteiger partial charge in [0.05, 0.1) is 36.7 Å². The molecule has 3 heterocycles. The van der Waals surface area contributed by atoms with E-state index in [-0.39, 0.29) is 18.1 Å². The second-order valence-corrected chi connectivity index (χ2v) is 5.43. The van der Waals surface area contributed by atoms with Crippen LogP contribution in [-0.4, -0.2) is 52.2 Å². The maximum atomic E-state index is 12.0. The standard InChI is InChI=1S/C13H20N4O3/c18-10-4-12(14-6-10)13(19)16-9-5-15-17(7-9)8-11-2-1-3-20-11/h5,7,10-12,14,18H,1-4,6,8H2,(H,16,19). The van der Waals surface area contributed by atoms with Crippen molar-refractivity contribution in [1.29, 1.82) is 0 Å². The van der Waals surface area contributed by atoms with Crippen LogP contribution >= 0.6 is 0 Å². The van der Waals surface area contributed by atoms with E-state index >= 15 is 0 Å². The van der Waals surface area contributed by atoms with Gasteiger partial charge in [0.25, 0.3) is 0 Å². The zero-order chi connectivity index (χ0) is 13.9. The van der Waals surface area contributed by atoms with Crippen LogP contribution in [0.15, 0.2) is 12.4 Å². The molecule has 2 saturated heterocycles. The molecule has 7 nitrogen and oxygen atoms in total. The Morgan fingerprint density at radius 2 is 2.55 bits per heavy atom. The van der Waals surface area contributed by atoms with Gasteiger partial charge in [-0.1, -0.05) is 0 Å². The lowest BCUT2D eigenvalue weighted by Crippen LogP contribution is -2.35. The number of carbonyl (C=O) groups excluding carboxylic acids is 1. The molecule has 1 aromatic heterocycles. The minimum Gasteiger partial charge on any atom is -0.392 e. The van der Waals surface area contributed by atoms with E-state index in [1.165, 1.54) is 0 Å². The predicted octanol–water partition coefficient (Wildman–Crippen LogP) is -0.277. The van der Waals surface area contributed by atoms with Crippen LogP contribution in [0.1, 0.15) is 19.3 Å². The number of anilines is 1. The molecule has 1 aromatic rings. The normalized spacial score (nSPS) is 29.8. The number of hydrogen-bond acceptors (Lipinski definition) is 5. The molecule has 0 aliphatic carbocycles. The van der Waals surface area contributed by atoms with Crippen LogP contribution in [-0.2, 0) is 16.1 Å².